The lowest BCUT2D eigenvalue weighted by Crippen LogP contribution is -2.48. The van der Waals surface area contributed by atoms with E-state index in [1.54, 1.807) is 29.1 Å². The Hall–Kier alpha value is -3.24. The number of nitriles is 1. The smallest absolute Gasteiger partial charge is 0.261 e. The van der Waals surface area contributed by atoms with Crippen LogP contribution < -0.4 is 10.9 Å². The third-order valence-electron chi connectivity index (χ3n) is 6.58. The molecule has 4 atom stereocenters. The molecule has 1 aromatic carbocycles. The van der Waals surface area contributed by atoms with Crippen LogP contribution in [0, 0.1) is 17.2 Å². The van der Waals surface area contributed by atoms with Crippen molar-refractivity contribution in [1.29, 1.82) is 5.26 Å². The van der Waals surface area contributed by atoms with Gasteiger partial charge in [-0.1, -0.05) is 0 Å². The molecule has 2 saturated heterocycles. The van der Waals surface area contributed by atoms with Gasteiger partial charge >= 0.3 is 0 Å². The fourth-order valence-corrected chi connectivity index (χ4v) is 6.47. The molecule has 190 valence electrons. The van der Waals surface area contributed by atoms with E-state index in [4.69, 9.17) is 9.47 Å². The first-order valence-electron chi connectivity index (χ1n) is 11.9. The van der Waals surface area contributed by atoms with E-state index in [1.807, 2.05) is 13.8 Å². The van der Waals surface area contributed by atoms with E-state index in [9.17, 15) is 18.5 Å². The number of benzene rings is 1. The van der Waals surface area contributed by atoms with E-state index in [0.29, 0.717) is 55.1 Å². The van der Waals surface area contributed by atoms with Gasteiger partial charge in [0.05, 0.1) is 47.3 Å². The zero-order valence-corrected chi connectivity index (χ0v) is 20.9. The first-order chi connectivity index (χ1) is 17.3. The molecule has 0 unspecified atom stereocenters. The number of nitrogens with one attached hydrogen (secondary N) is 2. The van der Waals surface area contributed by atoms with Gasteiger partial charge in [-0.25, -0.2) is 8.42 Å². The third-order valence-corrected chi connectivity index (χ3v) is 8.42. The Morgan fingerprint density at radius 3 is 2.58 bits per heavy atom. The topological polar surface area (TPSA) is 142 Å². The Morgan fingerprint density at radius 1 is 1.17 bits per heavy atom. The van der Waals surface area contributed by atoms with E-state index < -0.39 is 10.0 Å². The lowest BCUT2D eigenvalue weighted by atomic mass is 9.96. The maximum absolute atomic E-state index is 13.2. The highest BCUT2D eigenvalue weighted by molar-refractivity contribution is 7.89. The Bertz CT molecular complexity index is 1450. The van der Waals surface area contributed by atoms with Gasteiger partial charge < -0.3 is 19.8 Å². The van der Waals surface area contributed by atoms with Crippen molar-refractivity contribution in [2.24, 2.45) is 5.92 Å². The number of pyridine rings is 1. The number of hydrogen-bond donors (Lipinski definition) is 2. The molecule has 3 aromatic rings. The normalized spacial score (nSPS) is 25.5. The molecule has 0 spiro atoms. The van der Waals surface area contributed by atoms with Gasteiger partial charge in [0.2, 0.25) is 10.0 Å². The molecular formula is C24H28N6O5S. The van der Waals surface area contributed by atoms with Crippen LogP contribution in [0.3, 0.4) is 0 Å². The number of rotatable bonds is 5. The van der Waals surface area contributed by atoms with Gasteiger partial charge in [0.25, 0.3) is 5.56 Å². The largest absolute Gasteiger partial charge is 0.379 e. The number of hydrogen-bond acceptors (Lipinski definition) is 8. The Morgan fingerprint density at radius 2 is 1.89 bits per heavy atom. The summed E-state index contributed by atoms with van der Waals surface area (Å²) >= 11 is 0. The van der Waals surface area contributed by atoms with Crippen LogP contribution in [-0.4, -0.2) is 66.0 Å². The lowest BCUT2D eigenvalue weighted by molar-refractivity contribution is -0.0440. The minimum absolute atomic E-state index is 0.179. The SMILES string of the molecule is C[C@@H]1CN(S(=O)(=O)c2ccc(Nc3nn([C@H]4COCC[C@@H]4C#N)c4cc[nH]c(=O)c34)cc2)C[C@H](C)O1. The Labute approximate surface area is 208 Å². The van der Waals surface area contributed by atoms with Gasteiger partial charge in [0.1, 0.15) is 5.39 Å². The molecule has 0 amide bonds. The van der Waals surface area contributed by atoms with E-state index in [1.165, 1.54) is 16.4 Å². The number of aromatic nitrogens is 3. The predicted molar refractivity (Wildman–Crippen MR) is 132 cm³/mol. The van der Waals surface area contributed by atoms with Crippen LogP contribution >= 0.6 is 0 Å². The van der Waals surface area contributed by atoms with Gasteiger partial charge in [-0.15, -0.1) is 0 Å². The molecule has 0 aliphatic carbocycles. The van der Waals surface area contributed by atoms with Crippen molar-refractivity contribution in [1.82, 2.24) is 19.1 Å². The Kier molecular flexibility index (Phi) is 6.57. The standard InChI is InChI=1S/C24H28N6O5S/c1-15-12-29(13-16(2)35-15)36(32,33)19-5-3-18(4-6-19)27-23-22-20(7-9-26-24(22)31)30(28-23)21-14-34-10-8-17(21)11-25/h3-7,9,15-17,21H,8,10,12-14H2,1-2H3,(H,26,31)(H,27,28)/t15-,16+,17-,21+/m1/s1. The summed E-state index contributed by atoms with van der Waals surface area (Å²) in [5, 5.41) is 17.8. The van der Waals surface area contributed by atoms with Crippen LogP contribution in [0.5, 0.6) is 0 Å². The summed E-state index contributed by atoms with van der Waals surface area (Å²) in [4.78, 5) is 15.6. The highest BCUT2D eigenvalue weighted by atomic mass is 32.2. The van der Waals surface area contributed by atoms with E-state index in [-0.39, 0.29) is 34.6 Å². The summed E-state index contributed by atoms with van der Waals surface area (Å²) in [6, 6.07) is 10.1. The number of fused-ring (bicyclic) bond motifs is 1. The molecule has 11 nitrogen and oxygen atoms in total. The number of aromatic amines is 1. The fourth-order valence-electron chi connectivity index (χ4n) is 4.88. The fraction of sp³-hybridized carbons (Fsp3) is 0.458. The van der Waals surface area contributed by atoms with Crippen molar-refractivity contribution in [3.8, 4) is 6.07 Å². The van der Waals surface area contributed by atoms with Crippen LogP contribution in [0.2, 0.25) is 0 Å². The number of nitrogens with zero attached hydrogens (tertiary/aromatic N) is 4. The average molecular weight is 513 g/mol. The molecule has 0 radical (unpaired) electrons. The van der Waals surface area contributed by atoms with Crippen molar-refractivity contribution >= 4 is 32.4 Å². The van der Waals surface area contributed by atoms with Crippen molar-refractivity contribution in [3.05, 3.63) is 46.9 Å². The van der Waals surface area contributed by atoms with Gasteiger partial charge in [0, 0.05) is 31.6 Å². The summed E-state index contributed by atoms with van der Waals surface area (Å²) in [6.07, 6.45) is 1.78. The predicted octanol–water partition coefficient (Wildman–Crippen LogP) is 2.37. The second-order valence-electron chi connectivity index (χ2n) is 9.26. The third kappa shape index (κ3) is 4.51. The zero-order valence-electron chi connectivity index (χ0n) is 20.0. The van der Waals surface area contributed by atoms with Crippen LogP contribution in [-0.2, 0) is 19.5 Å². The number of ether oxygens (including phenoxy) is 2. The maximum atomic E-state index is 13.2. The van der Waals surface area contributed by atoms with Crippen molar-refractivity contribution in [2.45, 2.75) is 43.4 Å². The second kappa shape index (κ2) is 9.67. The molecule has 12 heteroatoms. The van der Waals surface area contributed by atoms with Crippen LogP contribution in [0.4, 0.5) is 11.5 Å². The summed E-state index contributed by atoms with van der Waals surface area (Å²) in [7, 11) is -3.67. The van der Waals surface area contributed by atoms with Gasteiger partial charge in [0.15, 0.2) is 5.82 Å². The highest BCUT2D eigenvalue weighted by Crippen LogP contribution is 2.32. The van der Waals surface area contributed by atoms with Crippen molar-refractivity contribution < 1.29 is 17.9 Å². The number of morpholine rings is 1. The molecule has 2 aliphatic rings. The van der Waals surface area contributed by atoms with Gasteiger partial charge in [-0.05, 0) is 50.6 Å². The molecule has 0 saturated carbocycles. The van der Waals surface area contributed by atoms with E-state index in [2.05, 4.69) is 21.5 Å². The zero-order chi connectivity index (χ0) is 25.4. The van der Waals surface area contributed by atoms with Crippen molar-refractivity contribution in [2.75, 3.05) is 31.6 Å². The van der Waals surface area contributed by atoms with Crippen LogP contribution in [0.25, 0.3) is 10.9 Å². The molecule has 5 rings (SSSR count). The minimum atomic E-state index is -3.67. The summed E-state index contributed by atoms with van der Waals surface area (Å²) in [6.45, 7) is 5.15. The molecule has 36 heavy (non-hydrogen) atoms. The maximum Gasteiger partial charge on any atom is 0.261 e. The van der Waals surface area contributed by atoms with Gasteiger partial charge in [-0.3, -0.25) is 9.48 Å². The Balaban J connectivity index is 1.44. The summed E-state index contributed by atoms with van der Waals surface area (Å²) in [5.74, 6) is 0.0321. The number of anilines is 2. The van der Waals surface area contributed by atoms with Gasteiger partial charge in [-0.2, -0.15) is 14.7 Å². The van der Waals surface area contributed by atoms with E-state index in [0.717, 1.165) is 0 Å². The second-order valence-corrected chi connectivity index (χ2v) is 11.2. The van der Waals surface area contributed by atoms with Crippen LogP contribution in [0.1, 0.15) is 26.3 Å². The summed E-state index contributed by atoms with van der Waals surface area (Å²) in [5.41, 5.74) is 0.845. The first kappa shape index (κ1) is 24.5. The highest BCUT2D eigenvalue weighted by Gasteiger charge is 2.33. The monoisotopic (exact) mass is 512 g/mol. The molecular weight excluding hydrogens is 484 g/mol. The number of sulfonamides is 1. The molecule has 2 N–H and O–H groups in total. The van der Waals surface area contributed by atoms with E-state index >= 15 is 0 Å². The molecule has 2 fully saturated rings. The summed E-state index contributed by atoms with van der Waals surface area (Å²) < 4.78 is 40.7. The minimum Gasteiger partial charge on any atom is -0.379 e. The lowest BCUT2D eigenvalue weighted by Gasteiger charge is -2.34. The first-order valence-corrected chi connectivity index (χ1v) is 13.3. The molecule has 0 bridgehead atoms. The molecule has 2 aliphatic heterocycles. The quantitative estimate of drug-likeness (QED) is 0.531. The van der Waals surface area contributed by atoms with Crippen molar-refractivity contribution in [3.63, 3.8) is 0 Å². The molecule has 2 aromatic heterocycles. The molecule has 4 heterocycles. The van der Waals surface area contributed by atoms with Crippen LogP contribution in [0.15, 0.2) is 46.2 Å². The average Bonchev–Trinajstić information content (AvgIpc) is 3.23. The number of H-pyrrole nitrogens is 1.